The van der Waals surface area contributed by atoms with Gasteiger partial charge in [-0.3, -0.25) is 15.3 Å². The quantitative estimate of drug-likeness (QED) is 0.333. The molecular formula is C7H10N4O. The molecule has 0 amide bonds. The van der Waals surface area contributed by atoms with Crippen LogP contribution in [-0.2, 0) is 0 Å². The third kappa shape index (κ3) is 1.20. The van der Waals surface area contributed by atoms with Gasteiger partial charge in [-0.15, -0.1) is 0 Å². The first-order valence-corrected chi connectivity index (χ1v) is 3.44. The molecule has 1 heterocycles. The molecule has 5 heteroatoms. The number of aromatic nitrogens is 2. The highest BCUT2D eigenvalue weighted by Crippen LogP contribution is 2.09. The molecule has 0 spiro atoms. The Hall–Kier alpha value is -1.65. The summed E-state index contributed by atoms with van der Waals surface area (Å²) in [6, 6.07) is 0. The number of nitrogen functional groups attached to an aromatic ring is 1. The molecule has 0 atom stereocenters. The lowest BCUT2D eigenvalue weighted by molar-refractivity contribution is 0.101. The maximum absolute atomic E-state index is 11.0. The number of hydrogen-bond donors (Lipinski definition) is 3. The van der Waals surface area contributed by atoms with Gasteiger partial charge in [-0.1, -0.05) is 0 Å². The Morgan fingerprint density at radius 3 is 2.58 bits per heavy atom. The number of nitrogens with zero attached hydrogens (tertiary/aromatic N) is 1. The van der Waals surface area contributed by atoms with E-state index in [4.69, 9.17) is 11.1 Å². The summed E-state index contributed by atoms with van der Waals surface area (Å²) in [5.74, 6) is -0.323. The van der Waals surface area contributed by atoms with Gasteiger partial charge in [0.2, 0.25) is 0 Å². The Kier molecular flexibility index (Phi) is 1.95. The number of rotatable bonds is 2. The second kappa shape index (κ2) is 2.77. The number of ketones is 1. The molecular weight excluding hydrogens is 156 g/mol. The van der Waals surface area contributed by atoms with E-state index in [1.54, 1.807) is 6.92 Å². The van der Waals surface area contributed by atoms with Crippen LogP contribution in [0.4, 0.5) is 0 Å². The van der Waals surface area contributed by atoms with E-state index in [-0.39, 0.29) is 17.3 Å². The van der Waals surface area contributed by atoms with E-state index in [0.717, 1.165) is 0 Å². The number of aryl methyl sites for hydroxylation is 1. The van der Waals surface area contributed by atoms with Crippen LogP contribution in [0.1, 0.15) is 28.7 Å². The second-order valence-corrected chi connectivity index (χ2v) is 2.54. The van der Waals surface area contributed by atoms with E-state index < -0.39 is 0 Å². The summed E-state index contributed by atoms with van der Waals surface area (Å²) in [5, 5.41) is 13.5. The van der Waals surface area contributed by atoms with E-state index in [0.29, 0.717) is 11.3 Å². The van der Waals surface area contributed by atoms with Crippen molar-refractivity contribution in [2.45, 2.75) is 13.8 Å². The van der Waals surface area contributed by atoms with Crippen LogP contribution in [0.5, 0.6) is 0 Å². The molecule has 0 radical (unpaired) electrons. The van der Waals surface area contributed by atoms with Crippen molar-refractivity contribution in [3.63, 3.8) is 0 Å². The van der Waals surface area contributed by atoms with Crippen LogP contribution in [0.2, 0.25) is 0 Å². The Morgan fingerprint density at radius 2 is 2.25 bits per heavy atom. The van der Waals surface area contributed by atoms with Gasteiger partial charge in [0, 0.05) is 5.69 Å². The fourth-order valence-electron chi connectivity index (χ4n) is 1.05. The molecule has 0 bridgehead atoms. The minimum Gasteiger partial charge on any atom is -0.382 e. The zero-order valence-corrected chi connectivity index (χ0v) is 6.93. The summed E-state index contributed by atoms with van der Waals surface area (Å²) in [6.07, 6.45) is 0. The number of H-pyrrole nitrogens is 1. The van der Waals surface area contributed by atoms with Gasteiger partial charge in [0.1, 0.15) is 11.5 Å². The number of hydrogen-bond acceptors (Lipinski definition) is 3. The molecule has 5 nitrogen and oxygen atoms in total. The number of amidine groups is 1. The Bertz CT molecular complexity index is 339. The fourth-order valence-corrected chi connectivity index (χ4v) is 1.05. The zero-order valence-electron chi connectivity index (χ0n) is 6.93. The zero-order chi connectivity index (χ0) is 9.30. The normalized spacial score (nSPS) is 9.83. The summed E-state index contributed by atoms with van der Waals surface area (Å²) in [7, 11) is 0. The number of carbonyl (C=O) groups is 1. The molecule has 0 saturated heterocycles. The first-order chi connectivity index (χ1) is 5.54. The molecule has 64 valence electrons. The topological polar surface area (TPSA) is 95.6 Å². The van der Waals surface area contributed by atoms with Gasteiger partial charge >= 0.3 is 0 Å². The maximum atomic E-state index is 11.0. The number of carbonyl (C=O) groups excluding carboxylic acids is 1. The molecule has 1 rings (SSSR count). The van der Waals surface area contributed by atoms with E-state index in [9.17, 15) is 4.79 Å². The number of nitrogens with one attached hydrogen (secondary N) is 2. The highest BCUT2D eigenvalue weighted by atomic mass is 16.1. The first kappa shape index (κ1) is 8.45. The van der Waals surface area contributed by atoms with E-state index in [1.807, 2.05) is 0 Å². The van der Waals surface area contributed by atoms with Gasteiger partial charge in [-0.2, -0.15) is 5.10 Å². The van der Waals surface area contributed by atoms with Crippen molar-refractivity contribution in [1.29, 1.82) is 5.41 Å². The van der Waals surface area contributed by atoms with Gasteiger partial charge in [0.25, 0.3) is 0 Å². The average Bonchev–Trinajstić information content (AvgIpc) is 2.30. The minimum atomic E-state index is -0.190. The van der Waals surface area contributed by atoms with Gasteiger partial charge in [-0.25, -0.2) is 0 Å². The Balaban J connectivity index is 3.31. The van der Waals surface area contributed by atoms with Crippen LogP contribution in [-0.4, -0.2) is 21.8 Å². The third-order valence-corrected chi connectivity index (χ3v) is 1.55. The van der Waals surface area contributed by atoms with Crippen molar-refractivity contribution in [2.24, 2.45) is 5.73 Å². The standard InChI is InChI=1S/C7H10N4O/c1-3-5(4(2)12)6(7(8)9)11-10-3/h1-2H3,(H3,8,9)(H,10,11). The third-order valence-electron chi connectivity index (χ3n) is 1.55. The van der Waals surface area contributed by atoms with Crippen molar-refractivity contribution in [2.75, 3.05) is 0 Å². The van der Waals surface area contributed by atoms with Crippen LogP contribution in [0.15, 0.2) is 0 Å². The number of Topliss-reactive ketones (excluding diaryl/α,β-unsaturated/α-hetero) is 1. The van der Waals surface area contributed by atoms with Crippen LogP contribution < -0.4 is 5.73 Å². The summed E-state index contributed by atoms with van der Waals surface area (Å²) < 4.78 is 0. The predicted octanol–water partition coefficient (Wildman–Crippen LogP) is 0.205. The summed E-state index contributed by atoms with van der Waals surface area (Å²) in [4.78, 5) is 11.0. The average molecular weight is 166 g/mol. The maximum Gasteiger partial charge on any atom is 0.163 e. The monoisotopic (exact) mass is 166 g/mol. The van der Waals surface area contributed by atoms with Crippen molar-refractivity contribution in [3.8, 4) is 0 Å². The van der Waals surface area contributed by atoms with E-state index in [2.05, 4.69) is 10.2 Å². The lowest BCUT2D eigenvalue weighted by atomic mass is 10.1. The second-order valence-electron chi connectivity index (χ2n) is 2.54. The smallest absolute Gasteiger partial charge is 0.163 e. The van der Waals surface area contributed by atoms with Crippen molar-refractivity contribution >= 4 is 11.6 Å². The first-order valence-electron chi connectivity index (χ1n) is 3.44. The molecule has 0 aliphatic carbocycles. The van der Waals surface area contributed by atoms with Crippen LogP contribution in [0, 0.1) is 12.3 Å². The highest BCUT2D eigenvalue weighted by Gasteiger charge is 2.15. The van der Waals surface area contributed by atoms with E-state index in [1.165, 1.54) is 6.92 Å². The van der Waals surface area contributed by atoms with Crippen LogP contribution in [0.25, 0.3) is 0 Å². The van der Waals surface area contributed by atoms with Gasteiger partial charge in [0.15, 0.2) is 5.78 Å². The lowest BCUT2D eigenvalue weighted by Crippen LogP contribution is -2.15. The lowest BCUT2D eigenvalue weighted by Gasteiger charge is -1.95. The highest BCUT2D eigenvalue weighted by molar-refractivity contribution is 6.07. The van der Waals surface area contributed by atoms with Gasteiger partial charge < -0.3 is 5.73 Å². The molecule has 0 aliphatic heterocycles. The van der Waals surface area contributed by atoms with Crippen LogP contribution >= 0.6 is 0 Å². The molecule has 0 saturated carbocycles. The summed E-state index contributed by atoms with van der Waals surface area (Å²) >= 11 is 0. The fraction of sp³-hybridized carbons (Fsp3) is 0.286. The molecule has 0 aliphatic rings. The largest absolute Gasteiger partial charge is 0.382 e. The minimum absolute atomic E-state index is 0.133. The van der Waals surface area contributed by atoms with E-state index >= 15 is 0 Å². The van der Waals surface area contributed by atoms with Gasteiger partial charge in [0.05, 0.1) is 5.56 Å². The molecule has 0 fully saturated rings. The summed E-state index contributed by atoms with van der Waals surface area (Å²) in [5.41, 5.74) is 6.50. The molecule has 1 aromatic rings. The predicted molar refractivity (Wildman–Crippen MR) is 44.3 cm³/mol. The Morgan fingerprint density at radius 1 is 1.67 bits per heavy atom. The van der Waals surface area contributed by atoms with Crippen LogP contribution in [0.3, 0.4) is 0 Å². The molecule has 0 unspecified atom stereocenters. The van der Waals surface area contributed by atoms with Gasteiger partial charge in [-0.05, 0) is 13.8 Å². The summed E-state index contributed by atoms with van der Waals surface area (Å²) in [6.45, 7) is 3.14. The van der Waals surface area contributed by atoms with Crippen molar-refractivity contribution in [1.82, 2.24) is 10.2 Å². The SMILES string of the molecule is CC(=O)c1c(C(=N)N)n[nH]c1C. The van der Waals surface area contributed by atoms with Crippen molar-refractivity contribution < 1.29 is 4.79 Å². The van der Waals surface area contributed by atoms with Crippen molar-refractivity contribution in [3.05, 3.63) is 17.0 Å². The Labute approximate surface area is 69.5 Å². The number of aromatic amines is 1. The molecule has 0 aromatic carbocycles. The molecule has 4 N–H and O–H groups in total. The molecule has 12 heavy (non-hydrogen) atoms. The molecule has 1 aromatic heterocycles. The number of nitrogens with two attached hydrogens (primary N) is 1.